The van der Waals surface area contributed by atoms with E-state index in [0.29, 0.717) is 23.2 Å². The topological polar surface area (TPSA) is 68.0 Å². The number of nitrogens with one attached hydrogen (secondary N) is 1. The fraction of sp³-hybridized carbons (Fsp3) is 0.211. The Labute approximate surface area is 151 Å². The van der Waals surface area contributed by atoms with Crippen molar-refractivity contribution in [3.63, 3.8) is 0 Å². The third-order valence-corrected chi connectivity index (χ3v) is 4.03. The Bertz CT molecular complexity index is 842. The summed E-state index contributed by atoms with van der Waals surface area (Å²) in [6.45, 7) is 2.09. The normalized spacial score (nSPS) is 10.6. The monoisotopic (exact) mass is 355 g/mol. The zero-order chi connectivity index (χ0) is 17.6. The van der Waals surface area contributed by atoms with Crippen LogP contribution in [0.15, 0.2) is 53.1 Å². The average Bonchev–Trinajstić information content (AvgIpc) is 3.10. The largest absolute Gasteiger partial charge is 0.339 e. The predicted molar refractivity (Wildman–Crippen MR) is 97.5 cm³/mol. The van der Waals surface area contributed by atoms with Crippen LogP contribution in [0.4, 0.5) is 5.69 Å². The van der Waals surface area contributed by atoms with Gasteiger partial charge < -0.3 is 9.84 Å². The highest BCUT2D eigenvalue weighted by Gasteiger charge is 2.11. The van der Waals surface area contributed by atoms with Crippen molar-refractivity contribution in [2.75, 3.05) is 5.32 Å². The minimum absolute atomic E-state index is 0.0875. The first-order chi connectivity index (χ1) is 12.1. The Kier molecular flexibility index (Phi) is 5.46. The van der Waals surface area contributed by atoms with Crippen molar-refractivity contribution >= 4 is 23.2 Å². The highest BCUT2D eigenvalue weighted by molar-refractivity contribution is 6.30. The second-order valence-corrected chi connectivity index (χ2v) is 6.05. The van der Waals surface area contributed by atoms with Crippen LogP contribution < -0.4 is 5.32 Å². The van der Waals surface area contributed by atoms with E-state index in [0.717, 1.165) is 17.7 Å². The van der Waals surface area contributed by atoms with Crippen LogP contribution in [0.1, 0.15) is 24.8 Å². The van der Waals surface area contributed by atoms with E-state index >= 15 is 0 Å². The Morgan fingerprint density at radius 3 is 2.52 bits per heavy atom. The number of aryl methyl sites for hydroxylation is 2. The first kappa shape index (κ1) is 17.2. The highest BCUT2D eigenvalue weighted by Crippen LogP contribution is 2.19. The molecule has 1 amide bonds. The summed E-state index contributed by atoms with van der Waals surface area (Å²) in [6, 6.07) is 15.0. The van der Waals surface area contributed by atoms with Gasteiger partial charge in [-0.15, -0.1) is 0 Å². The van der Waals surface area contributed by atoms with Crippen LogP contribution in [0, 0.1) is 0 Å². The lowest BCUT2D eigenvalue weighted by molar-refractivity contribution is -0.116. The molecule has 0 radical (unpaired) electrons. The molecule has 5 nitrogen and oxygen atoms in total. The summed E-state index contributed by atoms with van der Waals surface area (Å²) in [6.07, 6.45) is 1.64. The number of amides is 1. The number of nitrogens with zero attached hydrogens (tertiary/aromatic N) is 2. The molecule has 1 aromatic heterocycles. The van der Waals surface area contributed by atoms with E-state index in [2.05, 4.69) is 22.4 Å². The minimum Gasteiger partial charge on any atom is -0.339 e. The first-order valence-corrected chi connectivity index (χ1v) is 8.49. The molecule has 0 saturated heterocycles. The molecule has 0 aliphatic carbocycles. The van der Waals surface area contributed by atoms with Crippen LogP contribution in [0.5, 0.6) is 0 Å². The Morgan fingerprint density at radius 1 is 1.12 bits per heavy atom. The summed E-state index contributed by atoms with van der Waals surface area (Å²) in [5.41, 5.74) is 2.84. The molecule has 0 spiro atoms. The van der Waals surface area contributed by atoms with Gasteiger partial charge in [0.25, 0.3) is 0 Å². The quantitative estimate of drug-likeness (QED) is 0.705. The molecular formula is C19H18ClN3O2. The number of rotatable bonds is 6. The van der Waals surface area contributed by atoms with Crippen LogP contribution in [-0.4, -0.2) is 16.0 Å². The number of carbonyl (C=O) groups excluding carboxylic acids is 1. The van der Waals surface area contributed by atoms with Gasteiger partial charge in [-0.05, 0) is 48.4 Å². The van der Waals surface area contributed by atoms with Crippen molar-refractivity contribution in [1.82, 2.24) is 10.1 Å². The molecule has 128 valence electrons. The Morgan fingerprint density at radius 2 is 1.84 bits per heavy atom. The summed E-state index contributed by atoms with van der Waals surface area (Å²) >= 11 is 5.86. The molecule has 6 heteroatoms. The van der Waals surface area contributed by atoms with Gasteiger partial charge in [0.05, 0.1) is 0 Å². The molecule has 3 rings (SSSR count). The smallest absolute Gasteiger partial charge is 0.227 e. The second kappa shape index (κ2) is 7.94. The van der Waals surface area contributed by atoms with E-state index in [-0.39, 0.29) is 12.3 Å². The van der Waals surface area contributed by atoms with E-state index in [1.807, 2.05) is 36.4 Å². The van der Waals surface area contributed by atoms with Crippen molar-refractivity contribution in [3.8, 4) is 11.4 Å². The summed E-state index contributed by atoms with van der Waals surface area (Å²) in [4.78, 5) is 16.3. The first-order valence-electron chi connectivity index (χ1n) is 8.11. The number of carbonyl (C=O) groups is 1. The molecular weight excluding hydrogens is 338 g/mol. The predicted octanol–water partition coefficient (Wildman–Crippen LogP) is 4.52. The lowest BCUT2D eigenvalue weighted by atomic mass is 10.1. The van der Waals surface area contributed by atoms with Gasteiger partial charge in [0, 0.05) is 29.1 Å². The number of benzene rings is 2. The molecule has 0 aliphatic rings. The third-order valence-electron chi connectivity index (χ3n) is 3.78. The summed E-state index contributed by atoms with van der Waals surface area (Å²) in [7, 11) is 0. The van der Waals surface area contributed by atoms with Crippen LogP contribution >= 0.6 is 11.6 Å². The maximum Gasteiger partial charge on any atom is 0.227 e. The summed E-state index contributed by atoms with van der Waals surface area (Å²) < 4.78 is 5.21. The van der Waals surface area contributed by atoms with Gasteiger partial charge in [0.1, 0.15) is 0 Å². The molecule has 0 aliphatic heterocycles. The van der Waals surface area contributed by atoms with Crippen molar-refractivity contribution in [2.45, 2.75) is 26.2 Å². The highest BCUT2D eigenvalue weighted by atomic mass is 35.5. The van der Waals surface area contributed by atoms with Gasteiger partial charge in [-0.25, -0.2) is 0 Å². The number of anilines is 1. The number of hydrogen-bond donors (Lipinski definition) is 1. The zero-order valence-electron chi connectivity index (χ0n) is 13.8. The van der Waals surface area contributed by atoms with Gasteiger partial charge in [0.2, 0.25) is 17.6 Å². The molecule has 0 unspecified atom stereocenters. The van der Waals surface area contributed by atoms with E-state index in [9.17, 15) is 4.79 Å². The van der Waals surface area contributed by atoms with Gasteiger partial charge >= 0.3 is 0 Å². The molecule has 3 aromatic rings. The van der Waals surface area contributed by atoms with Crippen molar-refractivity contribution in [3.05, 3.63) is 65.0 Å². The van der Waals surface area contributed by atoms with Crippen molar-refractivity contribution < 1.29 is 9.32 Å². The summed E-state index contributed by atoms with van der Waals surface area (Å²) in [5, 5.41) is 7.45. The van der Waals surface area contributed by atoms with Gasteiger partial charge in [0.15, 0.2) is 0 Å². The second-order valence-electron chi connectivity index (χ2n) is 5.62. The van der Waals surface area contributed by atoms with Gasteiger partial charge in [-0.3, -0.25) is 4.79 Å². The number of hydrogen-bond acceptors (Lipinski definition) is 4. The minimum atomic E-state index is -0.0875. The van der Waals surface area contributed by atoms with Crippen LogP contribution in [0.3, 0.4) is 0 Å². The lowest BCUT2D eigenvalue weighted by Crippen LogP contribution is -2.12. The van der Waals surface area contributed by atoms with Crippen LogP contribution in [0.25, 0.3) is 11.4 Å². The van der Waals surface area contributed by atoms with Crippen molar-refractivity contribution in [2.24, 2.45) is 0 Å². The van der Waals surface area contributed by atoms with E-state index < -0.39 is 0 Å². The van der Waals surface area contributed by atoms with Crippen molar-refractivity contribution in [1.29, 1.82) is 0 Å². The average molecular weight is 356 g/mol. The molecule has 25 heavy (non-hydrogen) atoms. The molecule has 1 N–H and O–H groups in total. The Balaban J connectivity index is 1.54. The maximum atomic E-state index is 12.0. The fourth-order valence-electron chi connectivity index (χ4n) is 2.34. The van der Waals surface area contributed by atoms with Gasteiger partial charge in [-0.1, -0.05) is 35.8 Å². The SMILES string of the molecule is CCc1ccc(NC(=O)CCc2nc(-c3ccc(Cl)cc3)no2)cc1. The van der Waals surface area contributed by atoms with E-state index in [4.69, 9.17) is 16.1 Å². The molecule has 0 atom stereocenters. The molecule has 0 fully saturated rings. The summed E-state index contributed by atoms with van der Waals surface area (Å²) in [5.74, 6) is 0.833. The maximum absolute atomic E-state index is 12.0. The molecule has 1 heterocycles. The Hall–Kier alpha value is -2.66. The lowest BCUT2D eigenvalue weighted by Gasteiger charge is -2.05. The number of aromatic nitrogens is 2. The molecule has 0 saturated carbocycles. The van der Waals surface area contributed by atoms with Crippen LogP contribution in [-0.2, 0) is 17.6 Å². The van der Waals surface area contributed by atoms with E-state index in [1.54, 1.807) is 12.1 Å². The zero-order valence-corrected chi connectivity index (χ0v) is 14.6. The molecule has 2 aromatic carbocycles. The van der Waals surface area contributed by atoms with Crippen LogP contribution in [0.2, 0.25) is 5.02 Å². The van der Waals surface area contributed by atoms with E-state index in [1.165, 1.54) is 5.56 Å². The van der Waals surface area contributed by atoms with Gasteiger partial charge in [-0.2, -0.15) is 4.98 Å². The third kappa shape index (κ3) is 4.67. The standard InChI is InChI=1S/C19H18ClN3O2/c1-2-13-3-9-16(10-4-13)21-17(24)11-12-18-22-19(23-25-18)14-5-7-15(20)8-6-14/h3-10H,2,11-12H2,1H3,(H,21,24). The number of halogens is 1. The fourth-order valence-corrected chi connectivity index (χ4v) is 2.47. The molecule has 0 bridgehead atoms.